The van der Waals surface area contributed by atoms with Crippen LogP contribution in [0.2, 0.25) is 0 Å². The van der Waals surface area contributed by atoms with Crippen molar-refractivity contribution in [2.24, 2.45) is 5.92 Å². The molecular formula is C34H70. The Kier molecular flexibility index (Phi) is 31.0. The quantitative estimate of drug-likeness (QED) is 0.0900. The van der Waals surface area contributed by atoms with E-state index in [2.05, 4.69) is 20.8 Å². The number of rotatable bonds is 30. The summed E-state index contributed by atoms with van der Waals surface area (Å²) in [7, 11) is 0. The van der Waals surface area contributed by atoms with E-state index in [9.17, 15) is 0 Å². The van der Waals surface area contributed by atoms with Crippen LogP contribution in [0.3, 0.4) is 0 Å². The maximum absolute atomic E-state index is 2.47. The van der Waals surface area contributed by atoms with Crippen molar-refractivity contribution in [3.05, 3.63) is 0 Å². The van der Waals surface area contributed by atoms with E-state index < -0.39 is 0 Å². The number of hydrogen-bond donors (Lipinski definition) is 0. The van der Waals surface area contributed by atoms with Crippen LogP contribution in [0.4, 0.5) is 0 Å². The summed E-state index contributed by atoms with van der Waals surface area (Å²) in [5, 5.41) is 0. The molecule has 0 unspecified atom stereocenters. The lowest BCUT2D eigenvalue weighted by Crippen LogP contribution is -1.94. The van der Waals surface area contributed by atoms with E-state index in [4.69, 9.17) is 0 Å². The zero-order chi connectivity index (χ0) is 24.8. The molecule has 0 aliphatic rings. The van der Waals surface area contributed by atoms with Gasteiger partial charge in [-0.15, -0.1) is 0 Å². The Bertz CT molecular complexity index is 333. The first-order valence-corrected chi connectivity index (χ1v) is 16.8. The summed E-state index contributed by atoms with van der Waals surface area (Å²) in [4.78, 5) is 0. The average molecular weight is 479 g/mol. The molecule has 0 rings (SSSR count). The minimum atomic E-state index is 0.969. The molecule has 0 amide bonds. The highest BCUT2D eigenvalue weighted by atomic mass is 14.1. The van der Waals surface area contributed by atoms with Crippen molar-refractivity contribution in [3.63, 3.8) is 0 Å². The van der Waals surface area contributed by atoms with Gasteiger partial charge in [0.05, 0.1) is 0 Å². The Morgan fingerprint density at radius 3 is 0.706 bits per heavy atom. The molecule has 0 spiro atoms. The van der Waals surface area contributed by atoms with E-state index in [-0.39, 0.29) is 0 Å². The largest absolute Gasteiger partial charge is 0.0654 e. The van der Waals surface area contributed by atoms with E-state index >= 15 is 0 Å². The average Bonchev–Trinajstić information content (AvgIpc) is 2.84. The Labute approximate surface area is 219 Å². The molecule has 0 saturated carbocycles. The predicted octanol–water partition coefficient (Wildman–Crippen LogP) is 13.4. The summed E-state index contributed by atoms with van der Waals surface area (Å²) in [5.74, 6) is 0.969. The van der Waals surface area contributed by atoms with Gasteiger partial charge in [-0.2, -0.15) is 0 Å². The minimum Gasteiger partial charge on any atom is -0.0654 e. The standard InChI is InChI=1S/C34H70/c1-4-6-8-9-10-11-12-13-14-15-16-17-18-19-20-21-22-23-24-25-26-27-28-29-31-33-34(3)32-30-7-5-2/h34H,4-33H2,1-3H3/t34-/m1/s1. The maximum Gasteiger partial charge on any atom is -0.0443 e. The van der Waals surface area contributed by atoms with Crippen LogP contribution in [0, 0.1) is 5.92 Å². The molecule has 0 aromatic rings. The summed E-state index contributed by atoms with van der Waals surface area (Å²) < 4.78 is 0. The van der Waals surface area contributed by atoms with E-state index in [0.29, 0.717) is 0 Å². The molecule has 0 N–H and O–H groups in total. The lowest BCUT2D eigenvalue weighted by atomic mass is 9.96. The lowest BCUT2D eigenvalue weighted by Gasteiger charge is -2.10. The van der Waals surface area contributed by atoms with Crippen molar-refractivity contribution in [2.75, 3.05) is 0 Å². The second-order valence-electron chi connectivity index (χ2n) is 11.9. The highest BCUT2D eigenvalue weighted by molar-refractivity contribution is 4.55. The SMILES string of the molecule is CCCCCCCCCCCCCCCCCCCCCCCCCCC[C@H](C)CCCCC. The van der Waals surface area contributed by atoms with Crippen LogP contribution in [0.15, 0.2) is 0 Å². The zero-order valence-electron chi connectivity index (χ0n) is 24.8. The second-order valence-corrected chi connectivity index (χ2v) is 11.9. The fourth-order valence-electron chi connectivity index (χ4n) is 5.52. The summed E-state index contributed by atoms with van der Waals surface area (Å²) >= 11 is 0. The van der Waals surface area contributed by atoms with Crippen molar-refractivity contribution in [3.8, 4) is 0 Å². The lowest BCUT2D eigenvalue weighted by molar-refractivity contribution is 0.435. The van der Waals surface area contributed by atoms with E-state index in [1.165, 1.54) is 193 Å². The molecule has 0 aromatic carbocycles. The zero-order valence-corrected chi connectivity index (χ0v) is 24.8. The molecule has 0 radical (unpaired) electrons. The van der Waals surface area contributed by atoms with Crippen molar-refractivity contribution < 1.29 is 0 Å². The first kappa shape index (κ1) is 34.0. The van der Waals surface area contributed by atoms with E-state index in [1.807, 2.05) is 0 Å². The minimum absolute atomic E-state index is 0.969. The van der Waals surface area contributed by atoms with Crippen molar-refractivity contribution in [2.45, 2.75) is 213 Å². The molecule has 1 atom stereocenters. The molecule has 0 bridgehead atoms. The Balaban J connectivity index is 3.05. The van der Waals surface area contributed by atoms with Gasteiger partial charge in [0.1, 0.15) is 0 Å². The smallest absolute Gasteiger partial charge is 0.0443 e. The molecule has 0 aromatic heterocycles. The van der Waals surface area contributed by atoms with Gasteiger partial charge in [0.15, 0.2) is 0 Å². The molecule has 0 fully saturated rings. The maximum atomic E-state index is 2.47. The third-order valence-electron chi connectivity index (χ3n) is 8.10. The monoisotopic (exact) mass is 479 g/mol. The van der Waals surface area contributed by atoms with Gasteiger partial charge in [-0.25, -0.2) is 0 Å². The Morgan fingerprint density at radius 2 is 0.441 bits per heavy atom. The Hall–Kier alpha value is 0. The first-order valence-electron chi connectivity index (χ1n) is 16.8. The first-order chi connectivity index (χ1) is 16.8. The molecule has 0 aliphatic heterocycles. The van der Waals surface area contributed by atoms with Crippen LogP contribution in [-0.4, -0.2) is 0 Å². The highest BCUT2D eigenvalue weighted by Crippen LogP contribution is 2.18. The van der Waals surface area contributed by atoms with Crippen molar-refractivity contribution >= 4 is 0 Å². The third kappa shape index (κ3) is 30.0. The molecule has 0 heteroatoms. The van der Waals surface area contributed by atoms with Gasteiger partial charge in [0.25, 0.3) is 0 Å². The van der Waals surface area contributed by atoms with Gasteiger partial charge in [-0.1, -0.05) is 213 Å². The molecule has 0 nitrogen and oxygen atoms in total. The van der Waals surface area contributed by atoms with Crippen LogP contribution in [0.1, 0.15) is 213 Å². The van der Waals surface area contributed by atoms with E-state index in [0.717, 1.165) is 5.92 Å². The molecular weight excluding hydrogens is 408 g/mol. The number of hydrogen-bond acceptors (Lipinski definition) is 0. The van der Waals surface area contributed by atoms with Crippen LogP contribution in [0.5, 0.6) is 0 Å². The van der Waals surface area contributed by atoms with Gasteiger partial charge in [0, 0.05) is 0 Å². The number of unbranched alkanes of at least 4 members (excludes halogenated alkanes) is 26. The molecule has 206 valence electrons. The third-order valence-corrected chi connectivity index (χ3v) is 8.10. The van der Waals surface area contributed by atoms with Crippen LogP contribution in [-0.2, 0) is 0 Å². The normalized spacial score (nSPS) is 12.4. The van der Waals surface area contributed by atoms with Gasteiger partial charge in [-0.05, 0) is 5.92 Å². The summed E-state index contributed by atoms with van der Waals surface area (Å²) in [6, 6.07) is 0. The Morgan fingerprint density at radius 1 is 0.265 bits per heavy atom. The van der Waals surface area contributed by atoms with Crippen LogP contribution >= 0.6 is 0 Å². The summed E-state index contributed by atoms with van der Waals surface area (Å²) in [6.07, 6.45) is 44.3. The van der Waals surface area contributed by atoms with Crippen LogP contribution in [0.25, 0.3) is 0 Å². The second kappa shape index (κ2) is 31.0. The predicted molar refractivity (Wildman–Crippen MR) is 159 cm³/mol. The van der Waals surface area contributed by atoms with Crippen molar-refractivity contribution in [1.29, 1.82) is 0 Å². The molecule has 0 saturated heterocycles. The van der Waals surface area contributed by atoms with Gasteiger partial charge in [0.2, 0.25) is 0 Å². The fraction of sp³-hybridized carbons (Fsp3) is 1.00. The van der Waals surface area contributed by atoms with Gasteiger partial charge < -0.3 is 0 Å². The van der Waals surface area contributed by atoms with Crippen LogP contribution < -0.4 is 0 Å². The topological polar surface area (TPSA) is 0 Å². The molecule has 0 aliphatic carbocycles. The summed E-state index contributed by atoms with van der Waals surface area (Å²) in [6.45, 7) is 7.09. The fourth-order valence-corrected chi connectivity index (χ4v) is 5.52. The molecule has 0 heterocycles. The summed E-state index contributed by atoms with van der Waals surface area (Å²) in [5.41, 5.74) is 0. The molecule has 34 heavy (non-hydrogen) atoms. The highest BCUT2D eigenvalue weighted by Gasteiger charge is 2.01. The van der Waals surface area contributed by atoms with Gasteiger partial charge in [-0.3, -0.25) is 0 Å². The van der Waals surface area contributed by atoms with Gasteiger partial charge >= 0.3 is 0 Å². The van der Waals surface area contributed by atoms with Crippen molar-refractivity contribution in [1.82, 2.24) is 0 Å². The van der Waals surface area contributed by atoms with E-state index in [1.54, 1.807) is 0 Å².